The van der Waals surface area contributed by atoms with Gasteiger partial charge in [0.1, 0.15) is 0 Å². The van der Waals surface area contributed by atoms with Gasteiger partial charge in [-0.05, 0) is 0 Å². The quantitative estimate of drug-likeness (QED) is 0.497. The summed E-state index contributed by atoms with van der Waals surface area (Å²) in [5.41, 5.74) is 0. The Labute approximate surface area is 109 Å². The van der Waals surface area contributed by atoms with Gasteiger partial charge in [0.15, 0.2) is 0 Å². The van der Waals surface area contributed by atoms with Gasteiger partial charge >= 0.3 is 45.5 Å². The summed E-state index contributed by atoms with van der Waals surface area (Å²) in [4.78, 5) is 0. The molecule has 0 aliphatic carbocycles. The van der Waals surface area contributed by atoms with Crippen LogP contribution in [0.15, 0.2) is 0 Å². The Hall–Kier alpha value is 1.70. The van der Waals surface area contributed by atoms with Gasteiger partial charge in [-0.3, -0.25) is 8.42 Å². The molecule has 0 heterocycles. The standard InChI is InChI=1S/2C2H6O2S.Sr/c2*1-2-5(3)4;/h2*2H2,1H3,(H,3,4);/q;;+2/p-2. The third kappa shape index (κ3) is 33.9. The number of hydrogen-bond donors (Lipinski definition) is 0. The van der Waals surface area contributed by atoms with E-state index in [4.69, 9.17) is 0 Å². The van der Waals surface area contributed by atoms with Crippen LogP contribution >= 0.6 is 0 Å². The van der Waals surface area contributed by atoms with E-state index in [2.05, 4.69) is 0 Å². The smallest absolute Gasteiger partial charge is 0.772 e. The van der Waals surface area contributed by atoms with Gasteiger partial charge in [0.2, 0.25) is 0 Å². The second-order valence-corrected chi connectivity index (χ2v) is 3.55. The van der Waals surface area contributed by atoms with Gasteiger partial charge in [0.25, 0.3) is 0 Å². The minimum atomic E-state index is -1.82. The van der Waals surface area contributed by atoms with Crippen LogP contribution in [-0.2, 0) is 22.2 Å². The first-order valence-electron chi connectivity index (χ1n) is 2.66. The van der Waals surface area contributed by atoms with Crippen LogP contribution in [0.4, 0.5) is 0 Å². The molecule has 0 bridgehead atoms. The van der Waals surface area contributed by atoms with Crippen LogP contribution in [0.3, 0.4) is 0 Å². The molecule has 7 heteroatoms. The van der Waals surface area contributed by atoms with Crippen LogP contribution < -0.4 is 0 Å². The molecular formula is C4H10O4S2Sr. The van der Waals surface area contributed by atoms with E-state index >= 15 is 0 Å². The summed E-state index contributed by atoms with van der Waals surface area (Å²) in [6, 6.07) is 0. The summed E-state index contributed by atoms with van der Waals surface area (Å²) < 4.78 is 37.5. The van der Waals surface area contributed by atoms with Crippen molar-refractivity contribution in [2.75, 3.05) is 11.5 Å². The second-order valence-electron chi connectivity index (χ2n) is 1.18. The molecule has 0 rings (SSSR count). The van der Waals surface area contributed by atoms with Gasteiger partial charge in [0.05, 0.1) is 0 Å². The van der Waals surface area contributed by atoms with Crippen LogP contribution in [0.25, 0.3) is 0 Å². The van der Waals surface area contributed by atoms with Gasteiger partial charge in [-0.1, -0.05) is 36.0 Å². The monoisotopic (exact) mass is 274 g/mol. The summed E-state index contributed by atoms with van der Waals surface area (Å²) in [6.07, 6.45) is 0. The molecule has 4 nitrogen and oxygen atoms in total. The molecule has 2 atom stereocenters. The minimum absolute atomic E-state index is 0. The molecule has 0 aliphatic heterocycles. The van der Waals surface area contributed by atoms with E-state index in [1.807, 2.05) is 0 Å². The Bertz CT molecular complexity index is 105. The Morgan fingerprint density at radius 1 is 1.00 bits per heavy atom. The van der Waals surface area contributed by atoms with Gasteiger partial charge in [-0.15, -0.1) is 0 Å². The largest absolute Gasteiger partial charge is 2.00 e. The molecular weight excluding hydrogens is 264 g/mol. The average Bonchev–Trinajstić information content (AvgIpc) is 1.89. The summed E-state index contributed by atoms with van der Waals surface area (Å²) in [7, 11) is 0. The molecule has 2 unspecified atom stereocenters. The van der Waals surface area contributed by atoms with Crippen molar-refractivity contribution >= 4 is 67.6 Å². The Kier molecular flexibility index (Phi) is 23.9. The van der Waals surface area contributed by atoms with Crippen molar-refractivity contribution < 1.29 is 17.5 Å². The molecule has 0 amide bonds. The normalized spacial score (nSPS) is 13.5. The first-order valence-corrected chi connectivity index (χ1v) is 5.15. The van der Waals surface area contributed by atoms with Crippen molar-refractivity contribution in [1.82, 2.24) is 0 Å². The fraction of sp³-hybridized carbons (Fsp3) is 1.00. The first-order chi connectivity index (χ1) is 4.54. The minimum Gasteiger partial charge on any atom is -0.772 e. The van der Waals surface area contributed by atoms with Crippen LogP contribution in [0.1, 0.15) is 13.8 Å². The van der Waals surface area contributed by atoms with E-state index in [0.29, 0.717) is 0 Å². The summed E-state index contributed by atoms with van der Waals surface area (Å²) in [5, 5.41) is 0. The van der Waals surface area contributed by atoms with Crippen molar-refractivity contribution in [2.24, 2.45) is 0 Å². The Morgan fingerprint density at radius 2 is 1.09 bits per heavy atom. The van der Waals surface area contributed by atoms with Crippen molar-refractivity contribution in [3.8, 4) is 0 Å². The maximum Gasteiger partial charge on any atom is 2.00 e. The molecule has 0 aromatic rings. The molecule has 0 saturated carbocycles. The van der Waals surface area contributed by atoms with Crippen LogP contribution in [-0.4, -0.2) is 74.5 Å². The molecule has 0 aromatic carbocycles. The molecule has 0 saturated heterocycles. The van der Waals surface area contributed by atoms with E-state index in [1.54, 1.807) is 13.8 Å². The molecule has 11 heavy (non-hydrogen) atoms. The zero-order valence-corrected chi connectivity index (χ0v) is 11.7. The van der Waals surface area contributed by atoms with E-state index in [0.717, 1.165) is 0 Å². The molecule has 64 valence electrons. The molecule has 0 spiro atoms. The van der Waals surface area contributed by atoms with Gasteiger partial charge < -0.3 is 9.11 Å². The molecule has 0 N–H and O–H groups in total. The Morgan fingerprint density at radius 3 is 1.09 bits per heavy atom. The second kappa shape index (κ2) is 14.2. The Balaban J connectivity index is -0.000000107. The van der Waals surface area contributed by atoms with Crippen LogP contribution in [0, 0.1) is 0 Å². The third-order valence-electron chi connectivity index (χ3n) is 0.471. The summed E-state index contributed by atoms with van der Waals surface area (Å²) in [5.74, 6) is 0.444. The molecule has 0 aromatic heterocycles. The SMILES string of the molecule is CCS(=O)[O-].CCS(=O)[O-].[Sr+2]. The fourth-order valence-corrected chi connectivity index (χ4v) is 0. The average molecular weight is 274 g/mol. The van der Waals surface area contributed by atoms with E-state index in [-0.39, 0.29) is 57.0 Å². The topological polar surface area (TPSA) is 80.3 Å². The van der Waals surface area contributed by atoms with Gasteiger partial charge in [-0.25, -0.2) is 0 Å². The third-order valence-corrected chi connectivity index (χ3v) is 1.41. The first kappa shape index (κ1) is 18.5. The van der Waals surface area contributed by atoms with E-state index in [1.165, 1.54) is 0 Å². The van der Waals surface area contributed by atoms with Crippen molar-refractivity contribution in [3.63, 3.8) is 0 Å². The zero-order chi connectivity index (χ0) is 8.57. The maximum absolute atomic E-state index is 9.37. The summed E-state index contributed by atoms with van der Waals surface area (Å²) >= 11 is -3.65. The molecule has 0 radical (unpaired) electrons. The van der Waals surface area contributed by atoms with Crippen molar-refractivity contribution in [3.05, 3.63) is 0 Å². The predicted octanol–water partition coefficient (Wildman–Crippen LogP) is -0.610. The van der Waals surface area contributed by atoms with Crippen LogP contribution in [0.5, 0.6) is 0 Å². The van der Waals surface area contributed by atoms with E-state index in [9.17, 15) is 17.5 Å². The number of rotatable bonds is 2. The van der Waals surface area contributed by atoms with Crippen LogP contribution in [0.2, 0.25) is 0 Å². The summed E-state index contributed by atoms with van der Waals surface area (Å²) in [6.45, 7) is 3.17. The molecule has 0 fully saturated rings. The van der Waals surface area contributed by atoms with Crippen molar-refractivity contribution in [2.45, 2.75) is 13.8 Å². The van der Waals surface area contributed by atoms with Gasteiger partial charge in [-0.2, -0.15) is 0 Å². The van der Waals surface area contributed by atoms with E-state index < -0.39 is 22.2 Å². The van der Waals surface area contributed by atoms with Gasteiger partial charge in [0, 0.05) is 11.5 Å². The predicted molar refractivity (Wildman–Crippen MR) is 44.7 cm³/mol. The fourth-order valence-electron chi connectivity index (χ4n) is 0. The zero-order valence-electron chi connectivity index (χ0n) is 6.57. The van der Waals surface area contributed by atoms with Crippen molar-refractivity contribution in [1.29, 1.82) is 0 Å². The molecule has 0 aliphatic rings. The number of hydrogen-bond acceptors (Lipinski definition) is 4. The maximum atomic E-state index is 9.37.